The van der Waals surface area contributed by atoms with Crippen molar-refractivity contribution in [2.24, 2.45) is 10.4 Å². The van der Waals surface area contributed by atoms with Crippen LogP contribution in [0.4, 0.5) is 4.39 Å². The molecule has 0 amide bonds. The number of benzene rings is 1. The topological polar surface area (TPSA) is 63.5 Å². The van der Waals surface area contributed by atoms with E-state index in [1.54, 1.807) is 23.9 Å². The molecule has 0 aliphatic heterocycles. The van der Waals surface area contributed by atoms with E-state index in [2.05, 4.69) is 22.7 Å². The molecule has 0 spiro atoms. The van der Waals surface area contributed by atoms with Gasteiger partial charge >= 0.3 is 0 Å². The summed E-state index contributed by atoms with van der Waals surface area (Å²) in [5, 5.41) is 11.3. The van der Waals surface area contributed by atoms with E-state index < -0.39 is 0 Å². The largest absolute Gasteiger partial charge is 0.385 e. The number of guanidine groups is 1. The quantitative estimate of drug-likeness (QED) is 0.474. The van der Waals surface area contributed by atoms with Gasteiger partial charge in [-0.2, -0.15) is 5.10 Å². The average Bonchev–Trinajstić information content (AvgIpc) is 3.16. The van der Waals surface area contributed by atoms with Gasteiger partial charge in [-0.15, -0.1) is 0 Å². The molecule has 1 aliphatic rings. The van der Waals surface area contributed by atoms with Crippen molar-refractivity contribution in [1.29, 1.82) is 0 Å². The van der Waals surface area contributed by atoms with Crippen LogP contribution in [0.3, 0.4) is 0 Å². The molecule has 1 aliphatic carbocycles. The Labute approximate surface area is 172 Å². The second kappa shape index (κ2) is 10.4. The van der Waals surface area contributed by atoms with Crippen molar-refractivity contribution in [3.63, 3.8) is 0 Å². The van der Waals surface area contributed by atoms with E-state index in [0.29, 0.717) is 5.41 Å². The van der Waals surface area contributed by atoms with Crippen LogP contribution in [0.2, 0.25) is 0 Å². The molecule has 1 aromatic carbocycles. The summed E-state index contributed by atoms with van der Waals surface area (Å²) in [6, 6.07) is 8.32. The summed E-state index contributed by atoms with van der Waals surface area (Å²) in [6.07, 6.45) is 7.53. The van der Waals surface area contributed by atoms with Crippen molar-refractivity contribution in [3.8, 4) is 5.69 Å². The highest BCUT2D eigenvalue weighted by Crippen LogP contribution is 2.44. The van der Waals surface area contributed by atoms with E-state index in [4.69, 9.17) is 9.73 Å². The molecule has 7 heteroatoms. The van der Waals surface area contributed by atoms with Crippen molar-refractivity contribution in [3.05, 3.63) is 48.0 Å². The first-order valence-electron chi connectivity index (χ1n) is 10.5. The molecule has 158 valence electrons. The smallest absolute Gasteiger partial charge is 0.191 e. The molecule has 0 bridgehead atoms. The second-order valence-electron chi connectivity index (χ2n) is 7.70. The molecular weight excluding hydrogens is 369 g/mol. The van der Waals surface area contributed by atoms with Crippen LogP contribution in [0.1, 0.15) is 38.3 Å². The van der Waals surface area contributed by atoms with Gasteiger partial charge in [0.25, 0.3) is 0 Å². The summed E-state index contributed by atoms with van der Waals surface area (Å²) in [6.45, 7) is 5.29. The maximum atomic E-state index is 13.1. The van der Waals surface area contributed by atoms with Gasteiger partial charge in [-0.25, -0.2) is 9.07 Å². The first-order valence-corrected chi connectivity index (χ1v) is 10.5. The Morgan fingerprint density at radius 2 is 2.03 bits per heavy atom. The Bertz CT molecular complexity index is 783. The molecule has 3 rings (SSSR count). The lowest BCUT2D eigenvalue weighted by Gasteiger charge is -2.40. The maximum Gasteiger partial charge on any atom is 0.191 e. The lowest BCUT2D eigenvalue weighted by atomic mass is 9.67. The van der Waals surface area contributed by atoms with Gasteiger partial charge in [0.15, 0.2) is 5.96 Å². The number of methoxy groups -OCH3 is 1. The highest BCUT2D eigenvalue weighted by molar-refractivity contribution is 5.79. The SMILES string of the molecule is CCNC(=NCC1(CCOC)CCC1)NCCc1ccn(-c2ccc(F)cc2)n1. The van der Waals surface area contributed by atoms with Crippen molar-refractivity contribution in [2.45, 2.75) is 39.0 Å². The molecule has 1 fully saturated rings. The van der Waals surface area contributed by atoms with Crippen LogP contribution in [0.15, 0.2) is 41.5 Å². The molecule has 29 heavy (non-hydrogen) atoms. The van der Waals surface area contributed by atoms with Gasteiger partial charge in [0.2, 0.25) is 0 Å². The zero-order valence-corrected chi connectivity index (χ0v) is 17.5. The van der Waals surface area contributed by atoms with Gasteiger partial charge < -0.3 is 15.4 Å². The van der Waals surface area contributed by atoms with Crippen LogP contribution in [0.25, 0.3) is 5.69 Å². The van der Waals surface area contributed by atoms with Gasteiger partial charge in [-0.1, -0.05) is 6.42 Å². The van der Waals surface area contributed by atoms with E-state index >= 15 is 0 Å². The first-order chi connectivity index (χ1) is 14.1. The van der Waals surface area contributed by atoms with E-state index in [-0.39, 0.29) is 5.82 Å². The van der Waals surface area contributed by atoms with Crippen LogP contribution >= 0.6 is 0 Å². The lowest BCUT2D eigenvalue weighted by molar-refractivity contribution is 0.0778. The summed E-state index contributed by atoms with van der Waals surface area (Å²) in [4.78, 5) is 4.83. The number of rotatable bonds is 10. The van der Waals surface area contributed by atoms with Gasteiger partial charge in [-0.05, 0) is 61.9 Å². The zero-order valence-electron chi connectivity index (χ0n) is 17.5. The van der Waals surface area contributed by atoms with Crippen LogP contribution in [-0.2, 0) is 11.2 Å². The molecule has 2 aromatic rings. The van der Waals surface area contributed by atoms with E-state index in [9.17, 15) is 4.39 Å². The summed E-state index contributed by atoms with van der Waals surface area (Å²) >= 11 is 0. The van der Waals surface area contributed by atoms with Gasteiger partial charge in [0, 0.05) is 46.0 Å². The zero-order chi connectivity index (χ0) is 20.5. The summed E-state index contributed by atoms with van der Waals surface area (Å²) in [5.41, 5.74) is 2.14. The fraction of sp³-hybridized carbons (Fsp3) is 0.545. The van der Waals surface area contributed by atoms with Crippen molar-refractivity contribution in [2.75, 3.05) is 33.4 Å². The minimum absolute atomic E-state index is 0.244. The summed E-state index contributed by atoms with van der Waals surface area (Å²) < 4.78 is 20.1. The molecule has 0 atom stereocenters. The van der Waals surface area contributed by atoms with Crippen molar-refractivity contribution < 1.29 is 9.13 Å². The number of aliphatic imine (C=N–C) groups is 1. The van der Waals surface area contributed by atoms with Gasteiger partial charge in [0.05, 0.1) is 11.4 Å². The maximum absolute atomic E-state index is 13.1. The fourth-order valence-corrected chi connectivity index (χ4v) is 3.61. The van der Waals surface area contributed by atoms with Gasteiger partial charge in [0.1, 0.15) is 5.82 Å². The number of nitrogens with one attached hydrogen (secondary N) is 2. The number of halogens is 1. The molecule has 1 aromatic heterocycles. The normalized spacial score (nSPS) is 15.8. The van der Waals surface area contributed by atoms with Gasteiger partial charge in [-0.3, -0.25) is 4.99 Å². The van der Waals surface area contributed by atoms with Crippen LogP contribution in [-0.4, -0.2) is 49.1 Å². The van der Waals surface area contributed by atoms with Crippen molar-refractivity contribution in [1.82, 2.24) is 20.4 Å². The number of aromatic nitrogens is 2. The fourth-order valence-electron chi connectivity index (χ4n) is 3.61. The monoisotopic (exact) mass is 401 g/mol. The molecule has 0 saturated heterocycles. The Kier molecular flexibility index (Phi) is 7.63. The Balaban J connectivity index is 1.51. The lowest BCUT2D eigenvalue weighted by Crippen LogP contribution is -2.41. The number of nitrogens with zero attached hydrogens (tertiary/aromatic N) is 3. The van der Waals surface area contributed by atoms with E-state index in [1.807, 2.05) is 12.3 Å². The minimum atomic E-state index is -0.244. The molecule has 0 radical (unpaired) electrons. The average molecular weight is 402 g/mol. The Morgan fingerprint density at radius 1 is 1.24 bits per heavy atom. The molecular formula is C22H32FN5O. The predicted molar refractivity (Wildman–Crippen MR) is 114 cm³/mol. The third kappa shape index (κ3) is 6.03. The molecule has 6 nitrogen and oxygen atoms in total. The Hall–Kier alpha value is -2.41. The summed E-state index contributed by atoms with van der Waals surface area (Å²) in [7, 11) is 1.76. The molecule has 1 saturated carbocycles. The highest BCUT2D eigenvalue weighted by Gasteiger charge is 2.36. The second-order valence-corrected chi connectivity index (χ2v) is 7.70. The number of ether oxygens (including phenoxy) is 1. The highest BCUT2D eigenvalue weighted by atomic mass is 19.1. The molecule has 2 N–H and O–H groups in total. The molecule has 0 unspecified atom stereocenters. The van der Waals surface area contributed by atoms with Crippen LogP contribution in [0, 0.1) is 11.2 Å². The Morgan fingerprint density at radius 3 is 2.69 bits per heavy atom. The first kappa shape index (κ1) is 21.3. The van der Waals surface area contributed by atoms with Crippen LogP contribution < -0.4 is 10.6 Å². The van der Waals surface area contributed by atoms with E-state index in [0.717, 1.165) is 56.4 Å². The minimum Gasteiger partial charge on any atom is -0.385 e. The predicted octanol–water partition coefficient (Wildman–Crippen LogP) is 3.32. The standard InChI is InChI=1S/C22H32FN5O/c1-3-24-21(26-17-22(11-4-12-22)13-16-29-2)25-14-9-19-10-15-28(27-19)20-7-5-18(23)6-8-20/h5-8,10,15H,3-4,9,11-14,16-17H2,1-2H3,(H2,24,25,26). The van der Waals surface area contributed by atoms with E-state index in [1.165, 1.54) is 31.4 Å². The third-order valence-corrected chi connectivity index (χ3v) is 5.58. The van der Waals surface area contributed by atoms with Crippen LogP contribution in [0.5, 0.6) is 0 Å². The molecule has 1 heterocycles. The third-order valence-electron chi connectivity index (χ3n) is 5.58. The van der Waals surface area contributed by atoms with Crippen molar-refractivity contribution >= 4 is 5.96 Å². The number of hydrogen-bond donors (Lipinski definition) is 2. The summed E-state index contributed by atoms with van der Waals surface area (Å²) in [5.74, 6) is 0.612. The number of hydrogen-bond acceptors (Lipinski definition) is 3.